The third kappa shape index (κ3) is 4.56. The van der Waals surface area contributed by atoms with Crippen LogP contribution in [0.2, 0.25) is 0 Å². The first-order chi connectivity index (χ1) is 14.2. The van der Waals surface area contributed by atoms with E-state index < -0.39 is 23.4 Å². The van der Waals surface area contributed by atoms with Gasteiger partial charge in [0.05, 0.1) is 5.71 Å². The maximum Gasteiger partial charge on any atom is 0.439 e. The van der Waals surface area contributed by atoms with E-state index in [1.165, 1.54) is 14.2 Å². The molecule has 0 saturated carbocycles. The summed E-state index contributed by atoms with van der Waals surface area (Å²) in [5, 5.41) is 9.92. The van der Waals surface area contributed by atoms with Crippen molar-refractivity contribution in [2.24, 2.45) is 10.3 Å². The summed E-state index contributed by atoms with van der Waals surface area (Å²) in [6.45, 7) is 1.60. The summed E-state index contributed by atoms with van der Waals surface area (Å²) in [5.41, 5.74) is 1.85. The van der Waals surface area contributed by atoms with Gasteiger partial charge in [-0.2, -0.15) is 13.2 Å². The van der Waals surface area contributed by atoms with Gasteiger partial charge in [-0.15, -0.1) is 4.70 Å². The van der Waals surface area contributed by atoms with Crippen molar-refractivity contribution < 1.29 is 27.5 Å². The lowest BCUT2D eigenvalue weighted by atomic mass is 10.0. The quantitative estimate of drug-likeness (QED) is 0.439. The van der Waals surface area contributed by atoms with Crippen LogP contribution in [0.1, 0.15) is 12.5 Å². The molecule has 2 aromatic carbocycles. The molecule has 0 aromatic heterocycles. The van der Waals surface area contributed by atoms with Crippen LogP contribution in [-0.2, 0) is 9.63 Å². The lowest BCUT2D eigenvalue weighted by molar-refractivity contribution is -0.549. The molecule has 0 radical (unpaired) electrons. The summed E-state index contributed by atoms with van der Waals surface area (Å²) < 4.78 is 40.7. The van der Waals surface area contributed by atoms with Crippen LogP contribution in [0.4, 0.5) is 18.9 Å². The van der Waals surface area contributed by atoms with Crippen molar-refractivity contribution in [3.05, 3.63) is 65.4 Å². The fourth-order valence-electron chi connectivity index (χ4n) is 3.10. The third-order valence-electron chi connectivity index (χ3n) is 4.50. The first-order valence-electron chi connectivity index (χ1n) is 9.02. The van der Waals surface area contributed by atoms with E-state index in [1.807, 2.05) is 31.2 Å². The number of hydrogen-bond acceptors (Lipinski definition) is 4. The Labute approximate surface area is 171 Å². The van der Waals surface area contributed by atoms with E-state index in [0.29, 0.717) is 17.0 Å². The predicted molar refractivity (Wildman–Crippen MR) is 106 cm³/mol. The Kier molecular flexibility index (Phi) is 6.00. The number of halogens is 3. The number of anilines is 1. The van der Waals surface area contributed by atoms with Gasteiger partial charge in [-0.05, 0) is 29.2 Å². The number of para-hydroxylation sites is 1. The number of likely N-dealkylation sites (N-methyl/N-ethyl adjacent to an activating group) is 1. The molecule has 9 heteroatoms. The van der Waals surface area contributed by atoms with Crippen LogP contribution in [0.25, 0.3) is 11.1 Å². The average molecular weight is 417 g/mol. The summed E-state index contributed by atoms with van der Waals surface area (Å²) in [4.78, 5) is 17.4. The Morgan fingerprint density at radius 3 is 2.47 bits per heavy atom. The summed E-state index contributed by atoms with van der Waals surface area (Å²) >= 11 is 0. The molecule has 1 heterocycles. The highest BCUT2D eigenvalue weighted by Gasteiger charge is 2.45. The standard InChI is InChI=1S/C21H19F3N4O2/c1-13(27-30-3)14-8-10-15(11-9-14)16-6-4-5-7-18(16)25-20(29)17-12-28(2)26-19(17)21(22,23)24/h4-11H,12H2,1-3H3/p+1. The Hall–Kier alpha value is -3.49. The molecule has 0 bridgehead atoms. The Morgan fingerprint density at radius 1 is 1.17 bits per heavy atom. The second kappa shape index (κ2) is 8.48. The van der Waals surface area contributed by atoms with E-state index >= 15 is 0 Å². The van der Waals surface area contributed by atoms with Crippen molar-refractivity contribution in [1.29, 1.82) is 0 Å². The molecule has 6 nitrogen and oxygen atoms in total. The Bertz CT molecular complexity index is 1050. The minimum absolute atomic E-state index is 0.213. The number of allylic oxidation sites excluding steroid dienone is 1. The van der Waals surface area contributed by atoms with Crippen LogP contribution < -0.4 is 5.32 Å². The molecule has 0 aliphatic carbocycles. The van der Waals surface area contributed by atoms with Gasteiger partial charge in [-0.25, -0.2) is 0 Å². The molecule has 156 valence electrons. The number of oxime groups is 1. The molecule has 1 N–H and O–H groups in total. The van der Waals surface area contributed by atoms with Gasteiger partial charge in [0.2, 0.25) is 12.2 Å². The van der Waals surface area contributed by atoms with Crippen LogP contribution in [0, 0.1) is 0 Å². The number of amides is 1. The minimum atomic E-state index is -4.70. The first-order valence-corrected chi connectivity index (χ1v) is 9.02. The number of azo groups is 2. The van der Waals surface area contributed by atoms with Crippen molar-refractivity contribution in [3.63, 3.8) is 0 Å². The topological polar surface area (TPSA) is 66.1 Å². The van der Waals surface area contributed by atoms with Gasteiger partial charge < -0.3 is 10.2 Å². The predicted octanol–water partition coefficient (Wildman–Crippen LogP) is 4.59. The van der Waals surface area contributed by atoms with Crippen molar-refractivity contribution in [2.45, 2.75) is 13.1 Å². The molecule has 1 amide bonds. The van der Waals surface area contributed by atoms with Gasteiger partial charge >= 0.3 is 6.18 Å². The highest BCUT2D eigenvalue weighted by atomic mass is 19.4. The molecule has 3 rings (SSSR count). The average Bonchev–Trinajstić information content (AvgIpc) is 3.11. The number of nitrogens with one attached hydrogen (secondary N) is 1. The number of carbonyl (C=O) groups excluding carboxylic acids is 1. The van der Waals surface area contributed by atoms with E-state index in [0.717, 1.165) is 15.8 Å². The molecule has 0 fully saturated rings. The molecule has 30 heavy (non-hydrogen) atoms. The van der Waals surface area contributed by atoms with Gasteiger partial charge in [0.1, 0.15) is 12.7 Å². The van der Waals surface area contributed by atoms with Gasteiger partial charge in [0.15, 0.2) is 7.05 Å². The number of rotatable bonds is 5. The monoisotopic (exact) mass is 417 g/mol. The number of carbonyl (C=O) groups is 1. The number of alkyl halides is 3. The van der Waals surface area contributed by atoms with E-state index in [9.17, 15) is 18.0 Å². The molecular formula is C21H20F3N4O2+. The van der Waals surface area contributed by atoms with Gasteiger partial charge in [0.25, 0.3) is 5.91 Å². The summed E-state index contributed by atoms with van der Waals surface area (Å²) in [6, 6.07) is 14.3. The molecule has 1 aliphatic rings. The van der Waals surface area contributed by atoms with Crippen molar-refractivity contribution in [2.75, 3.05) is 26.0 Å². The molecule has 2 aromatic rings. The highest BCUT2D eigenvalue weighted by molar-refractivity contribution is 6.06. The molecule has 0 unspecified atom stereocenters. The zero-order valence-corrected chi connectivity index (χ0v) is 16.6. The summed E-state index contributed by atoms with van der Waals surface area (Å²) in [5.74, 6) is -0.831. The highest BCUT2D eigenvalue weighted by Crippen LogP contribution is 2.34. The molecule has 0 atom stereocenters. The van der Waals surface area contributed by atoms with E-state index in [1.54, 1.807) is 24.3 Å². The lowest BCUT2D eigenvalue weighted by Crippen LogP contribution is -2.22. The maximum absolute atomic E-state index is 13.2. The van der Waals surface area contributed by atoms with Gasteiger partial charge in [0, 0.05) is 11.3 Å². The number of hydrogen-bond donors (Lipinski definition) is 1. The summed E-state index contributed by atoms with van der Waals surface area (Å²) in [7, 11) is 2.85. The lowest BCUT2D eigenvalue weighted by Gasteiger charge is -2.12. The molecular weight excluding hydrogens is 397 g/mol. The van der Waals surface area contributed by atoms with Crippen LogP contribution in [0.3, 0.4) is 0 Å². The minimum Gasteiger partial charge on any atom is -0.399 e. The summed E-state index contributed by atoms with van der Waals surface area (Å²) in [6.07, 6.45) is -4.70. The Morgan fingerprint density at radius 2 is 1.83 bits per heavy atom. The van der Waals surface area contributed by atoms with E-state index in [2.05, 4.69) is 15.6 Å². The van der Waals surface area contributed by atoms with Gasteiger partial charge in [-0.3, -0.25) is 4.79 Å². The molecule has 0 spiro atoms. The third-order valence-corrected chi connectivity index (χ3v) is 4.50. The maximum atomic E-state index is 13.2. The van der Waals surface area contributed by atoms with Crippen LogP contribution in [0.15, 0.2) is 70.1 Å². The van der Waals surface area contributed by atoms with Crippen LogP contribution in [0.5, 0.6) is 0 Å². The second-order valence-corrected chi connectivity index (χ2v) is 6.68. The van der Waals surface area contributed by atoms with Crippen LogP contribution in [-0.4, -0.2) is 43.2 Å². The number of benzene rings is 2. The zero-order chi connectivity index (χ0) is 21.9. The molecule has 0 saturated heterocycles. The van der Waals surface area contributed by atoms with E-state index in [4.69, 9.17) is 4.84 Å². The van der Waals surface area contributed by atoms with Crippen molar-refractivity contribution in [3.8, 4) is 11.1 Å². The Balaban J connectivity index is 1.90. The van der Waals surface area contributed by atoms with E-state index in [-0.39, 0.29) is 6.54 Å². The van der Waals surface area contributed by atoms with Crippen LogP contribution >= 0.6 is 0 Å². The fraction of sp³-hybridized carbons (Fsp3) is 0.238. The SMILES string of the molecule is CO/N=C(\C)c1ccc(-c2ccccc2NC(=O)C2=C(C(F)(F)F)N=[N+](C)C2)cc1. The van der Waals surface area contributed by atoms with Crippen molar-refractivity contribution >= 4 is 17.3 Å². The number of nitrogens with zero attached hydrogens (tertiary/aromatic N) is 3. The normalized spacial score (nSPS) is 14.6. The molecule has 1 aliphatic heterocycles. The largest absolute Gasteiger partial charge is 0.439 e. The smallest absolute Gasteiger partial charge is 0.399 e. The second-order valence-electron chi connectivity index (χ2n) is 6.68. The first kappa shape index (κ1) is 21.2. The zero-order valence-electron chi connectivity index (χ0n) is 16.6. The fourth-order valence-corrected chi connectivity index (χ4v) is 3.10. The van der Waals surface area contributed by atoms with Gasteiger partial charge in [-0.1, -0.05) is 47.6 Å². The van der Waals surface area contributed by atoms with Crippen molar-refractivity contribution in [1.82, 2.24) is 0 Å².